The first-order valence-corrected chi connectivity index (χ1v) is 9.15. The van der Waals surface area contributed by atoms with Crippen LogP contribution in [0.5, 0.6) is 0 Å². The zero-order valence-corrected chi connectivity index (χ0v) is 18.8. The summed E-state index contributed by atoms with van der Waals surface area (Å²) in [6.07, 6.45) is 1.90. The number of nitrogens with zero attached hydrogens (tertiary/aromatic N) is 3. The lowest BCUT2D eigenvalue weighted by Gasteiger charge is -2.32. The van der Waals surface area contributed by atoms with Crippen LogP contribution in [0.25, 0.3) is 0 Å². The molecular formula is C18H32IN5O2. The van der Waals surface area contributed by atoms with Gasteiger partial charge in [0.1, 0.15) is 5.76 Å². The van der Waals surface area contributed by atoms with Gasteiger partial charge in [0.25, 0.3) is 0 Å². The highest BCUT2D eigenvalue weighted by Gasteiger charge is 2.21. The maximum atomic E-state index is 11.4. The normalized spacial score (nSPS) is 16.8. The fraction of sp³-hybridized carbons (Fsp3) is 0.722. The van der Waals surface area contributed by atoms with E-state index in [1.54, 1.807) is 6.92 Å². The lowest BCUT2D eigenvalue weighted by Crippen LogP contribution is -2.49. The molecule has 1 atom stereocenters. The fourth-order valence-corrected chi connectivity index (χ4v) is 3.37. The van der Waals surface area contributed by atoms with E-state index in [-0.39, 0.29) is 35.8 Å². The quantitative estimate of drug-likeness (QED) is 0.387. The van der Waals surface area contributed by atoms with Gasteiger partial charge in [-0.3, -0.25) is 9.79 Å². The van der Waals surface area contributed by atoms with Crippen LogP contribution >= 0.6 is 24.0 Å². The molecule has 0 bridgehead atoms. The average Bonchev–Trinajstić information content (AvgIpc) is 2.92. The SMILES string of the molecule is CCNC(=NCC(C)c1c(C)noc1C)NC1CCN(C(C)=O)CC1.I. The number of guanidine groups is 1. The number of halogens is 1. The number of carbonyl (C=O) groups excluding carboxylic acids is 1. The highest BCUT2D eigenvalue weighted by Crippen LogP contribution is 2.23. The summed E-state index contributed by atoms with van der Waals surface area (Å²) in [5.74, 6) is 2.12. The Hall–Kier alpha value is -1.32. The predicted octanol–water partition coefficient (Wildman–Crippen LogP) is 2.58. The van der Waals surface area contributed by atoms with Crippen molar-refractivity contribution in [1.82, 2.24) is 20.7 Å². The molecule has 2 rings (SSSR count). The molecule has 0 saturated carbocycles. The van der Waals surface area contributed by atoms with E-state index in [4.69, 9.17) is 9.52 Å². The zero-order valence-electron chi connectivity index (χ0n) is 16.5. The summed E-state index contributed by atoms with van der Waals surface area (Å²) in [5.41, 5.74) is 2.09. The number of piperidine rings is 1. The average molecular weight is 477 g/mol. The van der Waals surface area contributed by atoms with Crippen molar-refractivity contribution in [2.45, 2.75) is 59.4 Å². The van der Waals surface area contributed by atoms with E-state index in [0.29, 0.717) is 12.6 Å². The first-order chi connectivity index (χ1) is 11.9. The lowest BCUT2D eigenvalue weighted by molar-refractivity contribution is -0.129. The van der Waals surface area contributed by atoms with E-state index in [2.05, 4.69) is 29.6 Å². The van der Waals surface area contributed by atoms with Crippen molar-refractivity contribution in [3.05, 3.63) is 17.0 Å². The minimum absolute atomic E-state index is 0. The molecule has 1 aromatic rings. The minimum atomic E-state index is 0. The Kier molecular flexibility index (Phi) is 9.38. The van der Waals surface area contributed by atoms with E-state index in [0.717, 1.165) is 55.5 Å². The Morgan fingerprint density at radius 1 is 1.38 bits per heavy atom. The van der Waals surface area contributed by atoms with Crippen molar-refractivity contribution in [2.75, 3.05) is 26.2 Å². The van der Waals surface area contributed by atoms with Crippen molar-refractivity contribution in [1.29, 1.82) is 0 Å². The van der Waals surface area contributed by atoms with Gasteiger partial charge in [-0.15, -0.1) is 24.0 Å². The topological polar surface area (TPSA) is 82.8 Å². The fourth-order valence-electron chi connectivity index (χ4n) is 3.37. The molecule has 2 N–H and O–H groups in total. The molecule has 1 aromatic heterocycles. The summed E-state index contributed by atoms with van der Waals surface area (Å²) in [7, 11) is 0. The number of carbonyl (C=O) groups is 1. The van der Waals surface area contributed by atoms with Gasteiger partial charge >= 0.3 is 0 Å². The van der Waals surface area contributed by atoms with E-state index in [9.17, 15) is 4.79 Å². The Labute approximate surface area is 173 Å². The second-order valence-electron chi connectivity index (χ2n) is 6.78. The number of aromatic nitrogens is 1. The Bertz CT molecular complexity index is 589. The van der Waals surface area contributed by atoms with Gasteiger partial charge < -0.3 is 20.1 Å². The van der Waals surface area contributed by atoms with Crippen LogP contribution in [0, 0.1) is 13.8 Å². The van der Waals surface area contributed by atoms with E-state index in [1.165, 1.54) is 0 Å². The van der Waals surface area contributed by atoms with Gasteiger partial charge in [0, 0.05) is 50.6 Å². The molecule has 148 valence electrons. The minimum Gasteiger partial charge on any atom is -0.361 e. The molecule has 1 aliphatic rings. The van der Waals surface area contributed by atoms with Gasteiger partial charge in [0.2, 0.25) is 5.91 Å². The third-order valence-corrected chi connectivity index (χ3v) is 4.73. The number of rotatable bonds is 5. The molecule has 1 aliphatic heterocycles. The standard InChI is InChI=1S/C18H31N5O2.HI/c1-6-19-18(21-16-7-9-23(10-8-16)15(5)24)20-11-12(2)17-13(3)22-25-14(17)4;/h12,16H,6-11H2,1-5H3,(H2,19,20,21);1H. The van der Waals surface area contributed by atoms with E-state index < -0.39 is 0 Å². The summed E-state index contributed by atoms with van der Waals surface area (Å²) in [6.45, 7) is 12.9. The number of likely N-dealkylation sites (tertiary alicyclic amines) is 1. The number of hydrogen-bond donors (Lipinski definition) is 2. The van der Waals surface area contributed by atoms with Gasteiger partial charge in [-0.25, -0.2) is 0 Å². The van der Waals surface area contributed by atoms with Crippen LogP contribution in [0.15, 0.2) is 9.52 Å². The summed E-state index contributed by atoms with van der Waals surface area (Å²) in [6, 6.07) is 0.350. The molecule has 0 radical (unpaired) electrons. The summed E-state index contributed by atoms with van der Waals surface area (Å²) >= 11 is 0. The molecule has 7 nitrogen and oxygen atoms in total. The smallest absolute Gasteiger partial charge is 0.219 e. The Balaban J connectivity index is 0.00000338. The number of nitrogens with one attached hydrogen (secondary N) is 2. The highest BCUT2D eigenvalue weighted by atomic mass is 127. The molecule has 1 amide bonds. The molecular weight excluding hydrogens is 445 g/mol. The van der Waals surface area contributed by atoms with Crippen LogP contribution in [0.4, 0.5) is 0 Å². The van der Waals surface area contributed by atoms with Crippen LogP contribution < -0.4 is 10.6 Å². The summed E-state index contributed by atoms with van der Waals surface area (Å²) < 4.78 is 5.26. The van der Waals surface area contributed by atoms with Crippen molar-refractivity contribution in [3.8, 4) is 0 Å². The first-order valence-electron chi connectivity index (χ1n) is 9.15. The van der Waals surface area contributed by atoms with Crippen LogP contribution in [0.3, 0.4) is 0 Å². The molecule has 0 aliphatic carbocycles. The number of aliphatic imine (C=N–C) groups is 1. The van der Waals surface area contributed by atoms with E-state index >= 15 is 0 Å². The van der Waals surface area contributed by atoms with Crippen molar-refractivity contribution < 1.29 is 9.32 Å². The molecule has 1 unspecified atom stereocenters. The van der Waals surface area contributed by atoms with Gasteiger partial charge in [0.15, 0.2) is 5.96 Å². The molecule has 2 heterocycles. The van der Waals surface area contributed by atoms with Crippen molar-refractivity contribution in [2.24, 2.45) is 4.99 Å². The molecule has 26 heavy (non-hydrogen) atoms. The molecule has 0 spiro atoms. The monoisotopic (exact) mass is 477 g/mol. The second kappa shape index (κ2) is 10.7. The van der Waals surface area contributed by atoms with Crippen LogP contribution in [0.2, 0.25) is 0 Å². The lowest BCUT2D eigenvalue weighted by atomic mass is 10.00. The van der Waals surface area contributed by atoms with Crippen LogP contribution in [0.1, 0.15) is 56.5 Å². The predicted molar refractivity (Wildman–Crippen MR) is 114 cm³/mol. The molecule has 0 aromatic carbocycles. The Morgan fingerprint density at radius 3 is 2.54 bits per heavy atom. The summed E-state index contributed by atoms with van der Waals surface area (Å²) in [5, 5.41) is 10.8. The largest absolute Gasteiger partial charge is 0.361 e. The van der Waals surface area contributed by atoms with Gasteiger partial charge in [-0.2, -0.15) is 0 Å². The van der Waals surface area contributed by atoms with Crippen LogP contribution in [-0.4, -0.2) is 54.1 Å². The third-order valence-electron chi connectivity index (χ3n) is 4.73. The second-order valence-corrected chi connectivity index (χ2v) is 6.78. The highest BCUT2D eigenvalue weighted by molar-refractivity contribution is 14.0. The number of hydrogen-bond acceptors (Lipinski definition) is 4. The molecule has 1 fully saturated rings. The summed E-state index contributed by atoms with van der Waals surface area (Å²) in [4.78, 5) is 18.1. The third kappa shape index (κ3) is 6.14. The first kappa shape index (κ1) is 22.7. The number of amides is 1. The van der Waals surface area contributed by atoms with Crippen molar-refractivity contribution >= 4 is 35.8 Å². The van der Waals surface area contributed by atoms with E-state index in [1.807, 2.05) is 18.7 Å². The van der Waals surface area contributed by atoms with Crippen LogP contribution in [-0.2, 0) is 4.79 Å². The molecule has 1 saturated heterocycles. The van der Waals surface area contributed by atoms with Crippen molar-refractivity contribution in [3.63, 3.8) is 0 Å². The number of aryl methyl sites for hydroxylation is 2. The van der Waals surface area contributed by atoms with Gasteiger partial charge in [0.05, 0.1) is 5.69 Å². The van der Waals surface area contributed by atoms with Gasteiger partial charge in [-0.1, -0.05) is 12.1 Å². The zero-order chi connectivity index (χ0) is 18.4. The Morgan fingerprint density at radius 2 is 2.04 bits per heavy atom. The maximum absolute atomic E-state index is 11.4. The van der Waals surface area contributed by atoms with Gasteiger partial charge in [-0.05, 0) is 33.6 Å². The molecule has 8 heteroatoms. The maximum Gasteiger partial charge on any atom is 0.219 e.